The fraction of sp³-hybridized carbons (Fsp3) is 0.0667. The average Bonchev–Trinajstić information content (AvgIpc) is 2.44. The van der Waals surface area contributed by atoms with Crippen LogP contribution in [0.15, 0.2) is 54.6 Å². The van der Waals surface area contributed by atoms with Crippen LogP contribution in [0.2, 0.25) is 0 Å². The zero-order valence-electron chi connectivity index (χ0n) is 10.5. The number of hydrogen-bond donors (Lipinski definition) is 0. The molecule has 0 aliphatic rings. The molecule has 0 aromatic heterocycles. The van der Waals surface area contributed by atoms with Crippen molar-refractivity contribution in [1.82, 2.24) is 0 Å². The van der Waals surface area contributed by atoms with Gasteiger partial charge in [0, 0.05) is 5.56 Å². The Kier molecular flexibility index (Phi) is 4.36. The molecule has 1 nitrogen and oxygen atoms in total. The second kappa shape index (κ2) is 6.20. The molecule has 0 bridgehead atoms. The maximum atomic E-state index is 12.4. The average molecular weight is 275 g/mol. The highest BCUT2D eigenvalue weighted by atomic mass is 19.4. The SMILES string of the molecule is F[B-](F)(F)c1ccc(OCC#Cc2ccccc2)cc1. The van der Waals surface area contributed by atoms with Crippen LogP contribution in [0.25, 0.3) is 0 Å². The third kappa shape index (κ3) is 4.09. The predicted octanol–water partition coefficient (Wildman–Crippen LogP) is 3.17. The lowest BCUT2D eigenvalue weighted by molar-refractivity contribution is 0.370. The molecule has 0 aliphatic carbocycles. The first-order valence-corrected chi connectivity index (χ1v) is 6.02. The summed E-state index contributed by atoms with van der Waals surface area (Å²) in [4.78, 5) is 0. The molecule has 5 heteroatoms. The fourth-order valence-corrected chi connectivity index (χ4v) is 1.56. The van der Waals surface area contributed by atoms with E-state index in [-0.39, 0.29) is 6.61 Å². The van der Waals surface area contributed by atoms with Gasteiger partial charge in [0.1, 0.15) is 12.4 Å². The van der Waals surface area contributed by atoms with Crippen molar-refractivity contribution in [1.29, 1.82) is 0 Å². The molecular weight excluding hydrogens is 264 g/mol. The van der Waals surface area contributed by atoms with Crippen LogP contribution in [0.4, 0.5) is 12.9 Å². The quantitative estimate of drug-likeness (QED) is 0.617. The molecule has 0 amide bonds. The van der Waals surface area contributed by atoms with Crippen molar-refractivity contribution >= 4 is 12.4 Å². The van der Waals surface area contributed by atoms with Crippen molar-refractivity contribution in [3.8, 4) is 17.6 Å². The van der Waals surface area contributed by atoms with Gasteiger partial charge in [0.25, 0.3) is 0 Å². The summed E-state index contributed by atoms with van der Waals surface area (Å²) in [6.45, 7) is -4.82. The maximum absolute atomic E-state index is 12.4. The molecule has 2 aromatic rings. The first kappa shape index (κ1) is 14.1. The Bertz CT molecular complexity index is 610. The van der Waals surface area contributed by atoms with E-state index in [4.69, 9.17) is 4.74 Å². The maximum Gasteiger partial charge on any atom is 0.509 e. The van der Waals surface area contributed by atoms with Gasteiger partial charge >= 0.3 is 6.98 Å². The Morgan fingerprint density at radius 2 is 1.55 bits per heavy atom. The van der Waals surface area contributed by atoms with Gasteiger partial charge in [-0.2, -0.15) is 0 Å². The van der Waals surface area contributed by atoms with E-state index >= 15 is 0 Å². The lowest BCUT2D eigenvalue weighted by Gasteiger charge is -2.14. The molecule has 0 atom stereocenters. The smallest absolute Gasteiger partial charge is 0.481 e. The van der Waals surface area contributed by atoms with Gasteiger partial charge in [-0.3, -0.25) is 0 Å². The van der Waals surface area contributed by atoms with Gasteiger partial charge in [0.2, 0.25) is 0 Å². The Hall–Kier alpha value is -2.35. The van der Waals surface area contributed by atoms with Gasteiger partial charge < -0.3 is 17.7 Å². The molecular formula is C15H11BF3O-. The number of ether oxygens (including phenoxy) is 1. The summed E-state index contributed by atoms with van der Waals surface area (Å²) in [7, 11) is 0. The van der Waals surface area contributed by atoms with Crippen LogP contribution < -0.4 is 10.2 Å². The van der Waals surface area contributed by atoms with Crippen molar-refractivity contribution in [2.45, 2.75) is 0 Å². The molecule has 2 rings (SSSR count). The largest absolute Gasteiger partial charge is 0.509 e. The van der Waals surface area contributed by atoms with E-state index < -0.39 is 12.4 Å². The topological polar surface area (TPSA) is 9.23 Å². The van der Waals surface area contributed by atoms with Crippen LogP contribution >= 0.6 is 0 Å². The summed E-state index contributed by atoms with van der Waals surface area (Å²) in [5, 5.41) is 0. The van der Waals surface area contributed by atoms with Crippen molar-refractivity contribution < 1.29 is 17.7 Å². The van der Waals surface area contributed by atoms with Gasteiger partial charge in [0.05, 0.1) is 0 Å². The Morgan fingerprint density at radius 1 is 0.900 bits per heavy atom. The van der Waals surface area contributed by atoms with E-state index in [2.05, 4.69) is 11.8 Å². The van der Waals surface area contributed by atoms with Gasteiger partial charge in [-0.15, -0.1) is 5.46 Å². The van der Waals surface area contributed by atoms with E-state index in [0.717, 1.165) is 17.7 Å². The Morgan fingerprint density at radius 3 is 2.15 bits per heavy atom. The Labute approximate surface area is 115 Å². The molecule has 0 radical (unpaired) electrons. The first-order chi connectivity index (χ1) is 9.55. The molecule has 0 fully saturated rings. The summed E-state index contributed by atoms with van der Waals surface area (Å²) >= 11 is 0. The third-order valence-electron chi connectivity index (χ3n) is 2.58. The lowest BCUT2D eigenvalue weighted by atomic mass is 9.80. The molecule has 0 saturated heterocycles. The molecule has 0 spiro atoms. The summed E-state index contributed by atoms with van der Waals surface area (Å²) in [5.41, 5.74) is 0.235. The van der Waals surface area contributed by atoms with Crippen LogP contribution in [0.5, 0.6) is 5.75 Å². The minimum atomic E-state index is -4.96. The predicted molar refractivity (Wildman–Crippen MR) is 74.0 cm³/mol. The minimum absolute atomic E-state index is 0.130. The summed E-state index contributed by atoms with van der Waals surface area (Å²) < 4.78 is 42.5. The number of rotatable bonds is 3. The monoisotopic (exact) mass is 275 g/mol. The minimum Gasteiger partial charge on any atom is -0.481 e. The molecule has 0 unspecified atom stereocenters. The Balaban J connectivity index is 1.91. The van der Waals surface area contributed by atoms with Crippen LogP contribution in [0.1, 0.15) is 5.56 Å². The van der Waals surface area contributed by atoms with E-state index in [1.165, 1.54) is 12.1 Å². The molecule has 0 heterocycles. The lowest BCUT2D eigenvalue weighted by Crippen LogP contribution is -2.33. The highest BCUT2D eigenvalue weighted by Gasteiger charge is 2.24. The van der Waals surface area contributed by atoms with Crippen molar-refractivity contribution in [2.24, 2.45) is 0 Å². The molecule has 102 valence electrons. The number of halogens is 3. The number of benzene rings is 2. The number of hydrogen-bond acceptors (Lipinski definition) is 1. The fourth-order valence-electron chi connectivity index (χ4n) is 1.56. The van der Waals surface area contributed by atoms with Crippen LogP contribution in [0, 0.1) is 11.8 Å². The van der Waals surface area contributed by atoms with E-state index in [0.29, 0.717) is 5.75 Å². The molecule has 2 aromatic carbocycles. The van der Waals surface area contributed by atoms with Gasteiger partial charge in [-0.25, -0.2) is 0 Å². The summed E-state index contributed by atoms with van der Waals surface area (Å²) in [6.07, 6.45) is 0. The zero-order valence-corrected chi connectivity index (χ0v) is 10.5. The van der Waals surface area contributed by atoms with Gasteiger partial charge in [-0.1, -0.05) is 42.2 Å². The van der Waals surface area contributed by atoms with Crippen molar-refractivity contribution in [3.05, 3.63) is 60.2 Å². The molecule has 0 aliphatic heterocycles. The standard InChI is InChI=1S/C15H11BF3O/c17-16(18,19)14-8-10-15(11-9-14)20-12-4-7-13-5-2-1-3-6-13/h1-3,5-6,8-11H,12H2/q-1. The summed E-state index contributed by atoms with van der Waals surface area (Å²) in [6, 6.07) is 14.0. The van der Waals surface area contributed by atoms with Gasteiger partial charge in [-0.05, 0) is 24.3 Å². The van der Waals surface area contributed by atoms with Crippen LogP contribution in [-0.4, -0.2) is 13.6 Å². The summed E-state index contributed by atoms with van der Waals surface area (Å²) in [5.74, 6) is 6.07. The highest BCUT2D eigenvalue weighted by Crippen LogP contribution is 2.13. The molecule has 20 heavy (non-hydrogen) atoms. The normalized spacial score (nSPS) is 10.6. The van der Waals surface area contributed by atoms with Gasteiger partial charge in [0.15, 0.2) is 0 Å². The van der Waals surface area contributed by atoms with Crippen LogP contribution in [-0.2, 0) is 0 Å². The highest BCUT2D eigenvalue weighted by molar-refractivity contribution is 6.73. The molecule has 0 saturated carbocycles. The third-order valence-corrected chi connectivity index (χ3v) is 2.58. The van der Waals surface area contributed by atoms with E-state index in [9.17, 15) is 12.9 Å². The first-order valence-electron chi connectivity index (χ1n) is 6.02. The van der Waals surface area contributed by atoms with E-state index in [1.54, 1.807) is 0 Å². The molecule has 0 N–H and O–H groups in total. The second-order valence-electron chi connectivity index (χ2n) is 4.10. The zero-order chi connectivity index (χ0) is 14.4. The van der Waals surface area contributed by atoms with E-state index in [1.807, 2.05) is 30.3 Å². The van der Waals surface area contributed by atoms with Crippen LogP contribution in [0.3, 0.4) is 0 Å². The second-order valence-corrected chi connectivity index (χ2v) is 4.10. The van der Waals surface area contributed by atoms with Crippen molar-refractivity contribution in [3.63, 3.8) is 0 Å². The van der Waals surface area contributed by atoms with Crippen molar-refractivity contribution in [2.75, 3.05) is 6.61 Å².